The van der Waals surface area contributed by atoms with Crippen molar-refractivity contribution in [2.45, 2.75) is 19.0 Å². The summed E-state index contributed by atoms with van der Waals surface area (Å²) in [5.41, 5.74) is 8.28. The maximum atomic E-state index is 13.1. The lowest BCUT2D eigenvalue weighted by Crippen LogP contribution is -2.44. The number of thioether (sulfide) groups is 1. The van der Waals surface area contributed by atoms with Crippen molar-refractivity contribution in [3.8, 4) is 0 Å². The standard InChI is InChI=1S/C23H24N4O2S/c1-17-20(21(24)28)30-23(27(17)16-19-10-6-3-7-11-19)26-15-14-25(22(26)29)13-12-18-8-4-2-5-9-18/h2-13,23H,14-16H2,1H3,(H2,24,28). The second-order valence-corrected chi connectivity index (χ2v) is 8.30. The van der Waals surface area contributed by atoms with Gasteiger partial charge in [0.15, 0.2) is 5.50 Å². The fraction of sp³-hybridized carbons (Fsp3) is 0.217. The maximum absolute atomic E-state index is 13.1. The summed E-state index contributed by atoms with van der Waals surface area (Å²) < 4.78 is 0. The van der Waals surface area contributed by atoms with Crippen LogP contribution in [0, 0.1) is 0 Å². The molecular formula is C23H24N4O2S. The number of nitrogens with zero attached hydrogens (tertiary/aromatic N) is 3. The molecule has 154 valence electrons. The fourth-order valence-corrected chi connectivity index (χ4v) is 4.95. The molecule has 1 saturated heterocycles. The molecule has 0 radical (unpaired) electrons. The molecule has 2 aliphatic heterocycles. The predicted molar refractivity (Wildman–Crippen MR) is 120 cm³/mol. The topological polar surface area (TPSA) is 69.9 Å². The molecule has 0 aliphatic carbocycles. The number of nitrogens with two attached hydrogens (primary N) is 1. The second kappa shape index (κ2) is 8.67. The van der Waals surface area contributed by atoms with E-state index in [1.54, 1.807) is 4.90 Å². The van der Waals surface area contributed by atoms with Crippen molar-refractivity contribution in [3.63, 3.8) is 0 Å². The molecular weight excluding hydrogens is 396 g/mol. The van der Waals surface area contributed by atoms with E-state index in [1.165, 1.54) is 11.8 Å². The third-order valence-electron chi connectivity index (χ3n) is 5.26. The summed E-state index contributed by atoms with van der Waals surface area (Å²) >= 11 is 1.36. The van der Waals surface area contributed by atoms with Crippen molar-refractivity contribution in [1.82, 2.24) is 14.7 Å². The minimum atomic E-state index is -0.453. The van der Waals surface area contributed by atoms with Crippen LogP contribution >= 0.6 is 11.8 Å². The van der Waals surface area contributed by atoms with E-state index in [9.17, 15) is 9.59 Å². The largest absolute Gasteiger partial charge is 0.365 e. The summed E-state index contributed by atoms with van der Waals surface area (Å²) in [6.45, 7) is 3.68. The van der Waals surface area contributed by atoms with Crippen LogP contribution in [0.1, 0.15) is 18.1 Å². The van der Waals surface area contributed by atoms with Crippen LogP contribution in [-0.4, -0.2) is 45.2 Å². The van der Waals surface area contributed by atoms with Crippen molar-refractivity contribution < 1.29 is 9.59 Å². The Bertz CT molecular complexity index is 991. The highest BCUT2D eigenvalue weighted by atomic mass is 32.2. The van der Waals surface area contributed by atoms with Crippen LogP contribution in [0.3, 0.4) is 0 Å². The van der Waals surface area contributed by atoms with Gasteiger partial charge in [-0.1, -0.05) is 72.4 Å². The van der Waals surface area contributed by atoms with E-state index < -0.39 is 5.91 Å². The van der Waals surface area contributed by atoms with Gasteiger partial charge >= 0.3 is 6.03 Å². The first-order valence-corrected chi connectivity index (χ1v) is 10.7. The number of urea groups is 1. The molecule has 3 amide bonds. The number of allylic oxidation sites excluding steroid dienone is 1. The average molecular weight is 421 g/mol. The zero-order valence-corrected chi connectivity index (χ0v) is 17.6. The molecule has 1 fully saturated rings. The van der Waals surface area contributed by atoms with Crippen LogP contribution in [0.5, 0.6) is 0 Å². The monoisotopic (exact) mass is 420 g/mol. The van der Waals surface area contributed by atoms with Crippen molar-refractivity contribution in [2.24, 2.45) is 5.73 Å². The van der Waals surface area contributed by atoms with Crippen LogP contribution < -0.4 is 5.73 Å². The van der Waals surface area contributed by atoms with Crippen molar-refractivity contribution in [3.05, 3.63) is 88.6 Å². The number of benzene rings is 2. The molecule has 2 N–H and O–H groups in total. The highest BCUT2D eigenvalue weighted by Crippen LogP contribution is 2.41. The molecule has 2 heterocycles. The number of rotatable bonds is 6. The van der Waals surface area contributed by atoms with Crippen molar-refractivity contribution >= 4 is 29.8 Å². The molecule has 1 atom stereocenters. The zero-order valence-electron chi connectivity index (χ0n) is 16.8. The van der Waals surface area contributed by atoms with Gasteiger partial charge in [-0.05, 0) is 24.1 Å². The molecule has 0 bridgehead atoms. The van der Waals surface area contributed by atoms with E-state index >= 15 is 0 Å². The van der Waals surface area contributed by atoms with Crippen LogP contribution in [0.15, 0.2) is 77.5 Å². The van der Waals surface area contributed by atoms with Gasteiger partial charge in [0, 0.05) is 31.5 Å². The van der Waals surface area contributed by atoms with E-state index in [2.05, 4.69) is 4.90 Å². The Hall–Kier alpha value is -3.19. The Labute approximate surface area is 180 Å². The fourth-order valence-electron chi connectivity index (χ4n) is 3.65. The van der Waals surface area contributed by atoms with E-state index in [-0.39, 0.29) is 11.5 Å². The minimum Gasteiger partial charge on any atom is -0.365 e. The SMILES string of the molecule is CC1=C(C(N)=O)SC(N2CCN(C=Cc3ccccc3)C2=O)N1Cc1ccccc1. The lowest BCUT2D eigenvalue weighted by Gasteiger charge is -2.33. The number of carbonyl (C=O) groups excluding carboxylic acids is 2. The maximum Gasteiger partial charge on any atom is 0.326 e. The van der Waals surface area contributed by atoms with Gasteiger partial charge in [-0.25, -0.2) is 4.79 Å². The second-order valence-electron chi connectivity index (χ2n) is 7.23. The van der Waals surface area contributed by atoms with Gasteiger partial charge in [-0.2, -0.15) is 0 Å². The van der Waals surface area contributed by atoms with Gasteiger partial charge in [0.1, 0.15) is 0 Å². The number of carbonyl (C=O) groups is 2. The summed E-state index contributed by atoms with van der Waals surface area (Å²) in [5, 5.41) is 0. The Balaban J connectivity index is 1.53. The molecule has 7 heteroatoms. The first kappa shape index (κ1) is 20.1. The number of primary amides is 1. The molecule has 6 nitrogen and oxygen atoms in total. The molecule has 2 aliphatic rings. The zero-order chi connectivity index (χ0) is 21.1. The van der Waals surface area contributed by atoms with Crippen molar-refractivity contribution in [2.75, 3.05) is 13.1 Å². The highest BCUT2D eigenvalue weighted by molar-refractivity contribution is 8.04. The molecule has 0 saturated carbocycles. The van der Waals surface area contributed by atoms with E-state index in [0.717, 1.165) is 16.8 Å². The number of hydrogen-bond donors (Lipinski definition) is 1. The third-order valence-corrected chi connectivity index (χ3v) is 6.71. The lowest BCUT2D eigenvalue weighted by atomic mass is 10.2. The van der Waals surface area contributed by atoms with Gasteiger partial charge < -0.3 is 10.6 Å². The molecule has 1 unspecified atom stereocenters. The first-order valence-electron chi connectivity index (χ1n) is 9.83. The molecule has 30 heavy (non-hydrogen) atoms. The molecule has 2 aromatic carbocycles. The molecule has 2 aromatic rings. The number of hydrogen-bond acceptors (Lipinski definition) is 4. The Morgan fingerprint density at radius 3 is 2.43 bits per heavy atom. The summed E-state index contributed by atoms with van der Waals surface area (Å²) in [6.07, 6.45) is 3.76. The van der Waals surface area contributed by atoms with Crippen LogP contribution in [0.2, 0.25) is 0 Å². The Morgan fingerprint density at radius 2 is 1.77 bits per heavy atom. The minimum absolute atomic E-state index is 0.0729. The summed E-state index contributed by atoms with van der Waals surface area (Å²) in [7, 11) is 0. The van der Waals surface area contributed by atoms with Gasteiger partial charge in [0.2, 0.25) is 0 Å². The first-order chi connectivity index (χ1) is 14.5. The molecule has 0 aromatic heterocycles. The smallest absolute Gasteiger partial charge is 0.326 e. The van der Waals surface area contributed by atoms with Crippen molar-refractivity contribution in [1.29, 1.82) is 0 Å². The summed E-state index contributed by atoms with van der Waals surface area (Å²) in [6, 6.07) is 19.8. The van der Waals surface area contributed by atoms with Crippen LogP contribution in [0.4, 0.5) is 4.79 Å². The van der Waals surface area contributed by atoms with E-state index in [4.69, 9.17) is 5.73 Å². The summed E-state index contributed by atoms with van der Waals surface area (Å²) in [4.78, 5) is 31.2. The normalized spacial score (nSPS) is 19.4. The predicted octanol–water partition coefficient (Wildman–Crippen LogP) is 3.64. The average Bonchev–Trinajstić information content (AvgIpc) is 3.28. The lowest BCUT2D eigenvalue weighted by molar-refractivity contribution is -0.114. The van der Waals surface area contributed by atoms with Gasteiger partial charge in [0.25, 0.3) is 5.91 Å². The summed E-state index contributed by atoms with van der Waals surface area (Å²) in [5.74, 6) is -0.453. The van der Waals surface area contributed by atoms with E-state index in [0.29, 0.717) is 24.5 Å². The van der Waals surface area contributed by atoms with Gasteiger partial charge in [-0.3, -0.25) is 14.6 Å². The Morgan fingerprint density at radius 1 is 1.10 bits per heavy atom. The van der Waals surface area contributed by atoms with Gasteiger partial charge in [0.05, 0.1) is 4.91 Å². The van der Waals surface area contributed by atoms with Crippen LogP contribution in [0.25, 0.3) is 6.08 Å². The highest BCUT2D eigenvalue weighted by Gasteiger charge is 2.42. The Kier molecular flexibility index (Phi) is 5.81. The molecule has 0 spiro atoms. The van der Waals surface area contributed by atoms with Gasteiger partial charge in [-0.15, -0.1) is 0 Å². The number of amides is 3. The quantitative estimate of drug-likeness (QED) is 0.775. The van der Waals surface area contributed by atoms with E-state index in [1.807, 2.05) is 84.8 Å². The molecule has 4 rings (SSSR count). The third kappa shape index (κ3) is 4.07. The van der Waals surface area contributed by atoms with Crippen LogP contribution in [-0.2, 0) is 11.3 Å².